The minimum Gasteiger partial charge on any atom is -0.750 e. The van der Waals surface area contributed by atoms with Crippen LogP contribution in [-0.4, -0.2) is 19.7 Å². The molecule has 0 heterocycles. The van der Waals surface area contributed by atoms with Crippen LogP contribution < -0.4 is 0 Å². The van der Waals surface area contributed by atoms with Crippen molar-refractivity contribution in [1.82, 2.24) is 0 Å². The van der Waals surface area contributed by atoms with Crippen molar-refractivity contribution in [2.24, 2.45) is 0 Å². The normalized spacial score (nSPS) is 26.6. The van der Waals surface area contributed by atoms with Crippen LogP contribution in [0.1, 0.15) is 25.7 Å². The zero-order valence-corrected chi connectivity index (χ0v) is 6.23. The molecule has 0 amide bonds. The summed E-state index contributed by atoms with van der Waals surface area (Å²) in [5, 5.41) is 9.25. The molecular weight excluding hydrogens is 156 g/mol. The summed E-state index contributed by atoms with van der Waals surface area (Å²) in [5.74, 6) is -1.40. The van der Waals surface area contributed by atoms with E-state index in [2.05, 4.69) is 4.18 Å². The van der Waals surface area contributed by atoms with Gasteiger partial charge >= 0.3 is 0 Å². The molecule has 10 heavy (non-hydrogen) atoms. The van der Waals surface area contributed by atoms with Crippen LogP contribution in [-0.2, 0) is 15.5 Å². The molecule has 60 valence electrons. The van der Waals surface area contributed by atoms with Gasteiger partial charge in [0.05, 0.1) is 11.4 Å². The van der Waals surface area contributed by atoms with Gasteiger partial charge in [-0.3, -0.25) is 4.18 Å². The molecule has 0 bridgehead atoms. The van der Waals surface area contributed by atoms with Crippen LogP contribution in [0.4, 0.5) is 0 Å². The van der Waals surface area contributed by atoms with Crippen molar-refractivity contribution in [2.75, 3.05) is 0 Å². The average Bonchev–Trinajstić information content (AvgIpc) is 2.12. The summed E-state index contributed by atoms with van der Waals surface area (Å²) in [7, 11) is 0. The zero-order chi connectivity index (χ0) is 7.61. The van der Waals surface area contributed by atoms with Crippen LogP contribution >= 0.6 is 0 Å². The fraction of sp³-hybridized carbons (Fsp3) is 1.00. The van der Waals surface area contributed by atoms with Crippen molar-refractivity contribution in [2.45, 2.75) is 31.5 Å². The minimum absolute atomic E-state index is 0.418. The quantitative estimate of drug-likeness (QED) is 0.464. The van der Waals surface area contributed by atoms with E-state index in [1.165, 1.54) is 0 Å². The number of aliphatic hydroxyl groups is 1. The van der Waals surface area contributed by atoms with Gasteiger partial charge < -0.3 is 9.66 Å². The first-order valence-corrected chi connectivity index (χ1v) is 4.13. The van der Waals surface area contributed by atoms with Gasteiger partial charge in [-0.1, -0.05) is 0 Å². The Balaban J connectivity index is 2.43. The Kier molecular flexibility index (Phi) is 2.40. The molecule has 1 unspecified atom stereocenters. The Hall–Kier alpha value is 0.0300. The first-order chi connectivity index (χ1) is 4.62. The topological polar surface area (TPSA) is 69.6 Å². The Morgan fingerprint density at radius 2 is 2.00 bits per heavy atom. The first kappa shape index (κ1) is 8.13. The second-order valence-electron chi connectivity index (χ2n) is 2.44. The van der Waals surface area contributed by atoms with E-state index in [4.69, 9.17) is 0 Å². The molecule has 0 aromatic carbocycles. The van der Waals surface area contributed by atoms with Crippen molar-refractivity contribution in [1.29, 1.82) is 0 Å². The Bertz CT molecular complexity index is 141. The molecule has 1 rings (SSSR count). The van der Waals surface area contributed by atoms with Gasteiger partial charge in [-0.05, 0) is 12.8 Å². The third-order valence-corrected chi connectivity index (χ3v) is 2.05. The third kappa shape index (κ3) is 2.02. The Labute approximate surface area is 61.7 Å². The van der Waals surface area contributed by atoms with E-state index in [1.54, 1.807) is 0 Å². The lowest BCUT2D eigenvalue weighted by Crippen LogP contribution is -2.28. The SMILES string of the molecule is O=S([O-])OC1(O)CCCC1. The number of hydrogen-bond acceptors (Lipinski definition) is 4. The highest BCUT2D eigenvalue weighted by Crippen LogP contribution is 2.30. The van der Waals surface area contributed by atoms with Gasteiger partial charge in [-0.15, -0.1) is 0 Å². The first-order valence-electron chi connectivity index (χ1n) is 3.13. The van der Waals surface area contributed by atoms with Gasteiger partial charge in [0.1, 0.15) is 0 Å². The van der Waals surface area contributed by atoms with E-state index in [-0.39, 0.29) is 0 Å². The molecule has 4 nitrogen and oxygen atoms in total. The monoisotopic (exact) mass is 165 g/mol. The van der Waals surface area contributed by atoms with E-state index < -0.39 is 17.1 Å². The summed E-state index contributed by atoms with van der Waals surface area (Å²) in [6.45, 7) is 0. The van der Waals surface area contributed by atoms with Crippen molar-refractivity contribution in [3.8, 4) is 0 Å². The molecule has 1 aliphatic rings. The Morgan fingerprint density at radius 3 is 2.40 bits per heavy atom. The van der Waals surface area contributed by atoms with Crippen LogP contribution in [0.2, 0.25) is 0 Å². The van der Waals surface area contributed by atoms with Crippen molar-refractivity contribution in [3.05, 3.63) is 0 Å². The molecule has 0 aliphatic heterocycles. The fourth-order valence-corrected chi connectivity index (χ4v) is 1.56. The minimum atomic E-state index is -2.59. The lowest BCUT2D eigenvalue weighted by Gasteiger charge is -2.22. The molecule has 5 heteroatoms. The molecule has 0 saturated heterocycles. The predicted molar refractivity (Wildman–Crippen MR) is 33.4 cm³/mol. The maximum atomic E-state index is 9.98. The number of rotatable bonds is 2. The summed E-state index contributed by atoms with van der Waals surface area (Å²) in [4.78, 5) is 0. The molecule has 1 fully saturated rings. The van der Waals surface area contributed by atoms with Crippen molar-refractivity contribution >= 4 is 11.4 Å². The summed E-state index contributed by atoms with van der Waals surface area (Å²) < 4.78 is 24.2. The summed E-state index contributed by atoms with van der Waals surface area (Å²) in [6, 6.07) is 0. The summed E-state index contributed by atoms with van der Waals surface area (Å²) in [6.07, 6.45) is 2.49. The van der Waals surface area contributed by atoms with Gasteiger partial charge in [-0.2, -0.15) is 0 Å². The van der Waals surface area contributed by atoms with E-state index in [1.807, 2.05) is 0 Å². The van der Waals surface area contributed by atoms with E-state index in [0.717, 1.165) is 12.8 Å². The smallest absolute Gasteiger partial charge is 0.180 e. The molecular formula is C5H9O4S-. The molecule has 0 aromatic heterocycles. The molecule has 0 radical (unpaired) electrons. The van der Waals surface area contributed by atoms with Crippen molar-refractivity contribution < 1.29 is 18.1 Å². The van der Waals surface area contributed by atoms with Gasteiger partial charge in [-0.25, -0.2) is 4.21 Å². The second-order valence-corrected chi connectivity index (χ2v) is 3.02. The van der Waals surface area contributed by atoms with Crippen LogP contribution in [0.3, 0.4) is 0 Å². The summed E-state index contributed by atoms with van der Waals surface area (Å²) >= 11 is -2.59. The second kappa shape index (κ2) is 2.96. The largest absolute Gasteiger partial charge is 0.750 e. The maximum absolute atomic E-state index is 9.98. The molecule has 0 spiro atoms. The maximum Gasteiger partial charge on any atom is 0.180 e. The zero-order valence-electron chi connectivity index (χ0n) is 5.41. The summed E-state index contributed by atoms with van der Waals surface area (Å²) in [5.41, 5.74) is 0. The highest BCUT2D eigenvalue weighted by molar-refractivity contribution is 7.74. The van der Waals surface area contributed by atoms with Crippen LogP contribution in [0.25, 0.3) is 0 Å². The standard InChI is InChI=1S/C5H10O4S/c6-5(9-10(7)8)3-1-2-4-5/h6H,1-4H2,(H,7,8)/p-1. The molecule has 1 saturated carbocycles. The van der Waals surface area contributed by atoms with E-state index in [9.17, 15) is 13.9 Å². The third-order valence-electron chi connectivity index (χ3n) is 1.61. The van der Waals surface area contributed by atoms with Crippen LogP contribution in [0.5, 0.6) is 0 Å². The van der Waals surface area contributed by atoms with Gasteiger partial charge in [0.25, 0.3) is 0 Å². The molecule has 1 aliphatic carbocycles. The van der Waals surface area contributed by atoms with E-state index >= 15 is 0 Å². The molecule has 1 atom stereocenters. The Morgan fingerprint density at radius 1 is 1.50 bits per heavy atom. The van der Waals surface area contributed by atoms with Gasteiger partial charge in [0, 0.05) is 12.8 Å². The molecule has 0 aromatic rings. The predicted octanol–water partition coefficient (Wildman–Crippen LogP) is 0.0597. The average molecular weight is 165 g/mol. The van der Waals surface area contributed by atoms with Gasteiger partial charge in [0.2, 0.25) is 0 Å². The lowest BCUT2D eigenvalue weighted by molar-refractivity contribution is -0.126. The highest BCUT2D eigenvalue weighted by Gasteiger charge is 2.32. The number of hydrogen-bond donors (Lipinski definition) is 1. The van der Waals surface area contributed by atoms with E-state index in [0.29, 0.717) is 12.8 Å². The van der Waals surface area contributed by atoms with Crippen LogP contribution in [0.15, 0.2) is 0 Å². The van der Waals surface area contributed by atoms with Gasteiger partial charge in [0.15, 0.2) is 5.79 Å². The highest BCUT2D eigenvalue weighted by atomic mass is 32.2. The van der Waals surface area contributed by atoms with Crippen LogP contribution in [0, 0.1) is 0 Å². The van der Waals surface area contributed by atoms with Crippen molar-refractivity contribution in [3.63, 3.8) is 0 Å². The fourth-order valence-electron chi connectivity index (χ4n) is 1.14. The molecule has 1 N–H and O–H groups in total. The lowest BCUT2D eigenvalue weighted by atomic mass is 10.2.